The molecular weight excluding hydrogens is 370 g/mol. The van der Waals surface area contributed by atoms with E-state index in [0.717, 1.165) is 36.6 Å². The molecule has 0 spiro atoms. The molecule has 0 aliphatic carbocycles. The minimum atomic E-state index is -0.194. The van der Waals surface area contributed by atoms with Crippen molar-refractivity contribution >= 4 is 29.6 Å². The second-order valence-corrected chi connectivity index (χ2v) is 7.83. The van der Waals surface area contributed by atoms with Crippen LogP contribution in [0.2, 0.25) is 0 Å². The van der Waals surface area contributed by atoms with Gasteiger partial charge in [0.15, 0.2) is 0 Å². The number of nitrogens with one attached hydrogen (secondary N) is 2. The van der Waals surface area contributed by atoms with E-state index in [0.29, 0.717) is 17.5 Å². The van der Waals surface area contributed by atoms with Gasteiger partial charge in [-0.15, -0.1) is 16.9 Å². The fourth-order valence-electron chi connectivity index (χ4n) is 3.17. The normalized spacial score (nSPS) is 14.1. The van der Waals surface area contributed by atoms with Crippen LogP contribution in [-0.4, -0.2) is 34.2 Å². The fourth-order valence-corrected chi connectivity index (χ4v) is 4.02. The molecule has 1 aliphatic heterocycles. The second kappa shape index (κ2) is 8.93. The summed E-state index contributed by atoms with van der Waals surface area (Å²) in [5.41, 5.74) is 1.88. The SMILES string of the molecule is O=C(Nc1nc(N2CCCCC2)n[nH]1)c1ccc(SCc2ccccc2)cc1. The van der Waals surface area contributed by atoms with Crippen molar-refractivity contribution < 1.29 is 4.79 Å². The van der Waals surface area contributed by atoms with E-state index in [9.17, 15) is 4.79 Å². The van der Waals surface area contributed by atoms with Crippen LogP contribution in [0, 0.1) is 0 Å². The fraction of sp³-hybridized carbons (Fsp3) is 0.286. The predicted molar refractivity (Wildman–Crippen MR) is 113 cm³/mol. The third-order valence-corrected chi connectivity index (χ3v) is 5.79. The second-order valence-electron chi connectivity index (χ2n) is 6.78. The first-order valence-electron chi connectivity index (χ1n) is 9.53. The van der Waals surface area contributed by atoms with Gasteiger partial charge in [-0.1, -0.05) is 30.3 Å². The number of carbonyl (C=O) groups is 1. The smallest absolute Gasteiger partial charge is 0.258 e. The third-order valence-electron chi connectivity index (χ3n) is 4.71. The molecule has 7 heteroatoms. The lowest BCUT2D eigenvalue weighted by molar-refractivity contribution is 0.102. The molecule has 0 unspecified atom stereocenters. The number of rotatable bonds is 6. The highest BCUT2D eigenvalue weighted by atomic mass is 32.2. The lowest BCUT2D eigenvalue weighted by Crippen LogP contribution is -2.30. The number of amides is 1. The van der Waals surface area contributed by atoms with Crippen molar-refractivity contribution in [2.24, 2.45) is 0 Å². The van der Waals surface area contributed by atoms with Crippen molar-refractivity contribution in [1.29, 1.82) is 0 Å². The van der Waals surface area contributed by atoms with Crippen LogP contribution in [0.1, 0.15) is 35.2 Å². The lowest BCUT2D eigenvalue weighted by Gasteiger charge is -2.24. The Morgan fingerprint density at radius 2 is 1.79 bits per heavy atom. The minimum absolute atomic E-state index is 0.194. The zero-order valence-corrected chi connectivity index (χ0v) is 16.4. The Balaban J connectivity index is 1.32. The van der Waals surface area contributed by atoms with Gasteiger partial charge in [0, 0.05) is 29.3 Å². The highest BCUT2D eigenvalue weighted by molar-refractivity contribution is 7.98. The zero-order valence-electron chi connectivity index (χ0n) is 15.6. The Labute approximate surface area is 168 Å². The van der Waals surface area contributed by atoms with E-state index < -0.39 is 0 Å². The summed E-state index contributed by atoms with van der Waals surface area (Å²) in [6.07, 6.45) is 3.57. The van der Waals surface area contributed by atoms with Gasteiger partial charge in [0.05, 0.1) is 0 Å². The van der Waals surface area contributed by atoms with Gasteiger partial charge < -0.3 is 4.90 Å². The highest BCUT2D eigenvalue weighted by Crippen LogP contribution is 2.23. The van der Waals surface area contributed by atoms with Crippen LogP contribution < -0.4 is 10.2 Å². The Morgan fingerprint density at radius 3 is 2.54 bits per heavy atom. The number of piperidine rings is 1. The Hall–Kier alpha value is -2.80. The van der Waals surface area contributed by atoms with Crippen LogP contribution >= 0.6 is 11.8 Å². The summed E-state index contributed by atoms with van der Waals surface area (Å²) in [6.45, 7) is 1.93. The number of H-pyrrole nitrogens is 1. The summed E-state index contributed by atoms with van der Waals surface area (Å²) < 4.78 is 0. The molecule has 0 bridgehead atoms. The molecule has 1 fully saturated rings. The van der Waals surface area contributed by atoms with Gasteiger partial charge in [-0.2, -0.15) is 4.98 Å². The van der Waals surface area contributed by atoms with Gasteiger partial charge in [-0.3, -0.25) is 10.1 Å². The van der Waals surface area contributed by atoms with Crippen molar-refractivity contribution in [1.82, 2.24) is 15.2 Å². The van der Waals surface area contributed by atoms with Crippen molar-refractivity contribution in [3.05, 3.63) is 65.7 Å². The standard InChI is InChI=1S/C21H23N5OS/c27-19(22-20-23-21(25-24-20)26-13-5-2-6-14-26)17-9-11-18(12-10-17)28-15-16-7-3-1-4-8-16/h1,3-4,7-12H,2,5-6,13-15H2,(H2,22,23,24,25,27). The van der Waals surface area contributed by atoms with Gasteiger partial charge in [0.25, 0.3) is 5.91 Å². The molecule has 0 radical (unpaired) electrons. The number of aromatic amines is 1. The van der Waals surface area contributed by atoms with E-state index in [4.69, 9.17) is 0 Å². The molecule has 28 heavy (non-hydrogen) atoms. The zero-order chi connectivity index (χ0) is 19.2. The number of hydrogen-bond acceptors (Lipinski definition) is 5. The van der Waals surface area contributed by atoms with Crippen LogP contribution in [0.25, 0.3) is 0 Å². The number of hydrogen-bond donors (Lipinski definition) is 2. The number of benzene rings is 2. The van der Waals surface area contributed by atoms with E-state index in [-0.39, 0.29) is 5.91 Å². The molecule has 2 aromatic carbocycles. The summed E-state index contributed by atoms with van der Waals surface area (Å²) in [7, 11) is 0. The summed E-state index contributed by atoms with van der Waals surface area (Å²) in [4.78, 5) is 20.2. The highest BCUT2D eigenvalue weighted by Gasteiger charge is 2.16. The summed E-state index contributed by atoms with van der Waals surface area (Å²) in [5.74, 6) is 1.75. The lowest BCUT2D eigenvalue weighted by atomic mass is 10.1. The third kappa shape index (κ3) is 4.72. The van der Waals surface area contributed by atoms with E-state index >= 15 is 0 Å². The molecule has 1 aliphatic rings. The quantitative estimate of drug-likeness (QED) is 0.610. The minimum Gasteiger partial charge on any atom is -0.340 e. The van der Waals surface area contributed by atoms with Crippen molar-refractivity contribution in [2.75, 3.05) is 23.3 Å². The van der Waals surface area contributed by atoms with Gasteiger partial charge >= 0.3 is 0 Å². The van der Waals surface area contributed by atoms with Crippen molar-refractivity contribution in [3.63, 3.8) is 0 Å². The molecule has 6 nitrogen and oxygen atoms in total. The number of nitrogens with zero attached hydrogens (tertiary/aromatic N) is 3. The monoisotopic (exact) mass is 393 g/mol. The molecule has 1 amide bonds. The van der Waals surface area contributed by atoms with Crippen LogP contribution in [0.3, 0.4) is 0 Å². The Kier molecular flexibility index (Phi) is 5.92. The summed E-state index contributed by atoms with van der Waals surface area (Å²) in [6, 6.07) is 18.0. The van der Waals surface area contributed by atoms with E-state index in [1.54, 1.807) is 11.8 Å². The number of anilines is 2. The van der Waals surface area contributed by atoms with Crippen molar-refractivity contribution in [2.45, 2.75) is 29.9 Å². The van der Waals surface area contributed by atoms with Gasteiger partial charge in [0.2, 0.25) is 11.9 Å². The Morgan fingerprint density at radius 1 is 1.04 bits per heavy atom. The topological polar surface area (TPSA) is 73.9 Å². The maximum absolute atomic E-state index is 12.5. The van der Waals surface area contributed by atoms with Crippen LogP contribution in [0.15, 0.2) is 59.5 Å². The summed E-state index contributed by atoms with van der Waals surface area (Å²) in [5, 5.41) is 9.83. The van der Waals surface area contributed by atoms with Crippen LogP contribution in [0.5, 0.6) is 0 Å². The number of carbonyl (C=O) groups excluding carboxylic acids is 1. The molecule has 0 atom stereocenters. The molecule has 4 rings (SSSR count). The maximum Gasteiger partial charge on any atom is 0.258 e. The molecular formula is C21H23N5OS. The van der Waals surface area contributed by atoms with E-state index in [1.165, 1.54) is 12.0 Å². The average Bonchev–Trinajstić information content (AvgIpc) is 3.22. The average molecular weight is 394 g/mol. The first-order valence-corrected chi connectivity index (χ1v) is 10.5. The largest absolute Gasteiger partial charge is 0.340 e. The molecule has 0 saturated carbocycles. The molecule has 1 saturated heterocycles. The number of aromatic nitrogens is 3. The predicted octanol–water partition coefficient (Wildman–Crippen LogP) is 4.34. The van der Waals surface area contributed by atoms with E-state index in [1.807, 2.05) is 42.5 Å². The molecule has 2 N–H and O–H groups in total. The summed E-state index contributed by atoms with van der Waals surface area (Å²) >= 11 is 1.75. The van der Waals surface area contributed by atoms with Crippen LogP contribution in [-0.2, 0) is 5.75 Å². The van der Waals surface area contributed by atoms with Crippen LogP contribution in [0.4, 0.5) is 11.9 Å². The molecule has 1 aromatic heterocycles. The number of thioether (sulfide) groups is 1. The Bertz CT molecular complexity index is 904. The van der Waals surface area contributed by atoms with Gasteiger partial charge in [0.1, 0.15) is 0 Å². The van der Waals surface area contributed by atoms with Crippen molar-refractivity contribution in [3.8, 4) is 0 Å². The first kappa shape index (κ1) is 18.6. The van der Waals surface area contributed by atoms with E-state index in [2.05, 4.69) is 37.5 Å². The first-order chi connectivity index (χ1) is 13.8. The van der Waals surface area contributed by atoms with Gasteiger partial charge in [-0.05, 0) is 49.1 Å². The molecule has 144 valence electrons. The van der Waals surface area contributed by atoms with Gasteiger partial charge in [-0.25, -0.2) is 5.10 Å². The maximum atomic E-state index is 12.5. The molecule has 2 heterocycles. The molecule has 3 aromatic rings.